The molecule has 6 nitrogen and oxygen atoms in total. The highest BCUT2D eigenvalue weighted by Crippen LogP contribution is 2.42. The molecule has 0 saturated heterocycles. The van der Waals surface area contributed by atoms with Crippen LogP contribution in [-0.4, -0.2) is 34.9 Å². The van der Waals surface area contributed by atoms with E-state index in [2.05, 4.69) is 0 Å². The zero-order valence-corrected chi connectivity index (χ0v) is 13.4. The van der Waals surface area contributed by atoms with Gasteiger partial charge in [0.25, 0.3) is 0 Å². The van der Waals surface area contributed by atoms with Crippen LogP contribution in [0.4, 0.5) is 0 Å². The summed E-state index contributed by atoms with van der Waals surface area (Å²) in [6.07, 6.45) is -0.0417. The summed E-state index contributed by atoms with van der Waals surface area (Å²) in [6.45, 7) is 0. The second kappa shape index (κ2) is 6.32. The first-order valence-electron chi connectivity index (χ1n) is 7.57. The van der Waals surface area contributed by atoms with Gasteiger partial charge in [0.15, 0.2) is 0 Å². The van der Waals surface area contributed by atoms with Crippen molar-refractivity contribution in [2.75, 3.05) is 7.11 Å². The van der Waals surface area contributed by atoms with Gasteiger partial charge in [-0.05, 0) is 23.3 Å². The van der Waals surface area contributed by atoms with E-state index in [1.807, 2.05) is 0 Å². The zero-order valence-electron chi connectivity index (χ0n) is 13.4. The number of esters is 2. The summed E-state index contributed by atoms with van der Waals surface area (Å²) < 4.78 is 10.2. The maximum Gasteiger partial charge on any atom is 0.375 e. The van der Waals surface area contributed by atoms with Gasteiger partial charge in [0, 0.05) is 6.42 Å². The number of ether oxygens (including phenoxy) is 2. The van der Waals surface area contributed by atoms with Crippen LogP contribution in [0, 0.1) is 0 Å². The number of aliphatic hydroxyl groups excluding tert-OH is 1. The normalized spacial score (nSPS) is 19.6. The average molecular weight is 340 g/mol. The molecule has 2 N–H and O–H groups in total. The summed E-state index contributed by atoms with van der Waals surface area (Å²) >= 11 is 0. The molecule has 1 heterocycles. The maximum absolute atomic E-state index is 12.6. The number of phenols is 1. The third-order valence-electron chi connectivity index (χ3n) is 4.07. The Balaban J connectivity index is 2.15. The van der Waals surface area contributed by atoms with Crippen molar-refractivity contribution in [1.29, 1.82) is 0 Å². The van der Waals surface area contributed by atoms with Crippen LogP contribution >= 0.6 is 0 Å². The lowest BCUT2D eigenvalue weighted by molar-refractivity contribution is -0.169. The molecule has 25 heavy (non-hydrogen) atoms. The third-order valence-corrected chi connectivity index (χ3v) is 4.07. The lowest BCUT2D eigenvalue weighted by Gasteiger charge is -2.28. The molecular weight excluding hydrogens is 324 g/mol. The smallest absolute Gasteiger partial charge is 0.375 e. The number of hydrogen-bond donors (Lipinski definition) is 2. The van der Waals surface area contributed by atoms with Crippen molar-refractivity contribution < 1.29 is 29.3 Å². The second-order valence-electron chi connectivity index (χ2n) is 5.64. The average Bonchev–Trinajstić information content (AvgIpc) is 2.88. The van der Waals surface area contributed by atoms with Crippen molar-refractivity contribution >= 4 is 17.5 Å². The number of aliphatic hydroxyl groups is 1. The van der Waals surface area contributed by atoms with E-state index in [1.54, 1.807) is 42.5 Å². The van der Waals surface area contributed by atoms with Crippen molar-refractivity contribution in [3.05, 3.63) is 71.5 Å². The molecule has 0 saturated carbocycles. The molecule has 1 unspecified atom stereocenters. The second-order valence-corrected chi connectivity index (χ2v) is 5.64. The Hall–Kier alpha value is -3.28. The highest BCUT2D eigenvalue weighted by molar-refractivity contribution is 6.11. The van der Waals surface area contributed by atoms with Gasteiger partial charge in [-0.2, -0.15) is 0 Å². The minimum atomic E-state index is -1.80. The molecule has 1 aliphatic rings. The van der Waals surface area contributed by atoms with Crippen LogP contribution < -0.4 is 0 Å². The number of phenolic OH excluding ortho intramolecular Hbond substituents is 1. The fraction of sp³-hybridized carbons (Fsp3) is 0.158. The fourth-order valence-electron chi connectivity index (χ4n) is 2.93. The van der Waals surface area contributed by atoms with Gasteiger partial charge in [0.05, 0.1) is 12.7 Å². The first-order chi connectivity index (χ1) is 12.0. The molecule has 0 aliphatic carbocycles. The van der Waals surface area contributed by atoms with Gasteiger partial charge in [-0.1, -0.05) is 42.5 Å². The molecule has 0 aromatic heterocycles. The lowest BCUT2D eigenvalue weighted by Crippen LogP contribution is -2.44. The van der Waals surface area contributed by atoms with Gasteiger partial charge in [-0.3, -0.25) is 0 Å². The minimum Gasteiger partial charge on any atom is -0.508 e. The van der Waals surface area contributed by atoms with Crippen molar-refractivity contribution in [3.63, 3.8) is 0 Å². The van der Waals surface area contributed by atoms with Gasteiger partial charge in [-0.25, -0.2) is 9.59 Å². The molecule has 0 bridgehead atoms. The minimum absolute atomic E-state index is 0.0417. The van der Waals surface area contributed by atoms with Crippen LogP contribution in [0.25, 0.3) is 5.57 Å². The molecule has 0 radical (unpaired) electrons. The van der Waals surface area contributed by atoms with E-state index in [1.165, 1.54) is 19.2 Å². The quantitative estimate of drug-likeness (QED) is 0.830. The monoisotopic (exact) mass is 340 g/mol. The Kier molecular flexibility index (Phi) is 4.19. The summed E-state index contributed by atoms with van der Waals surface area (Å²) in [5.74, 6) is -2.32. The Bertz CT molecular complexity index is 838. The van der Waals surface area contributed by atoms with Crippen LogP contribution in [0.2, 0.25) is 0 Å². The lowest BCUT2D eigenvalue weighted by atomic mass is 9.83. The van der Waals surface area contributed by atoms with Gasteiger partial charge in [0.2, 0.25) is 11.4 Å². The predicted molar refractivity (Wildman–Crippen MR) is 88.6 cm³/mol. The first kappa shape index (κ1) is 16.6. The number of carbonyl (C=O) groups is 2. The number of benzene rings is 2. The van der Waals surface area contributed by atoms with E-state index in [9.17, 15) is 19.8 Å². The zero-order chi connectivity index (χ0) is 18.0. The predicted octanol–water partition coefficient (Wildman–Crippen LogP) is 2.37. The molecule has 128 valence electrons. The highest BCUT2D eigenvalue weighted by Gasteiger charge is 2.55. The maximum atomic E-state index is 12.6. The summed E-state index contributed by atoms with van der Waals surface area (Å²) in [5, 5.41) is 19.7. The molecule has 1 atom stereocenters. The number of rotatable bonds is 4. The van der Waals surface area contributed by atoms with Gasteiger partial charge < -0.3 is 19.7 Å². The number of cyclic esters (lactones) is 1. The molecular formula is C19H16O6. The Morgan fingerprint density at radius 2 is 1.72 bits per heavy atom. The van der Waals surface area contributed by atoms with Crippen molar-refractivity contribution in [2.24, 2.45) is 0 Å². The largest absolute Gasteiger partial charge is 0.508 e. The molecule has 6 heteroatoms. The number of aromatic hydroxyl groups is 1. The van der Waals surface area contributed by atoms with Gasteiger partial charge in [-0.15, -0.1) is 0 Å². The van der Waals surface area contributed by atoms with Crippen molar-refractivity contribution in [2.45, 2.75) is 12.0 Å². The Morgan fingerprint density at radius 1 is 1.08 bits per heavy atom. The van der Waals surface area contributed by atoms with Gasteiger partial charge >= 0.3 is 11.9 Å². The highest BCUT2D eigenvalue weighted by atomic mass is 16.6. The summed E-state index contributed by atoms with van der Waals surface area (Å²) in [6, 6.07) is 14.7. The summed E-state index contributed by atoms with van der Waals surface area (Å²) in [7, 11) is 1.19. The van der Waals surface area contributed by atoms with Crippen LogP contribution in [0.5, 0.6) is 5.75 Å². The summed E-state index contributed by atoms with van der Waals surface area (Å²) in [5.41, 5.74) is -0.624. The molecule has 2 aromatic rings. The van der Waals surface area contributed by atoms with E-state index in [0.717, 1.165) is 0 Å². The van der Waals surface area contributed by atoms with E-state index < -0.39 is 23.3 Å². The number of hydrogen-bond acceptors (Lipinski definition) is 6. The Labute approximate surface area is 143 Å². The topological polar surface area (TPSA) is 93.1 Å². The van der Waals surface area contributed by atoms with Crippen molar-refractivity contribution in [3.8, 4) is 5.75 Å². The SMILES string of the molecule is COC(=O)C1(Cc2ccc(O)cc2)OC(=O)C(O)=C1c1ccccc1. The van der Waals surface area contributed by atoms with Gasteiger partial charge in [0.1, 0.15) is 5.75 Å². The molecule has 0 fully saturated rings. The third kappa shape index (κ3) is 2.82. The number of carbonyl (C=O) groups excluding carboxylic acids is 2. The molecule has 1 aliphatic heterocycles. The van der Waals surface area contributed by atoms with E-state index in [4.69, 9.17) is 9.47 Å². The van der Waals surface area contributed by atoms with Crippen molar-refractivity contribution in [1.82, 2.24) is 0 Å². The fourth-order valence-corrected chi connectivity index (χ4v) is 2.93. The molecule has 3 rings (SSSR count). The van der Waals surface area contributed by atoms with E-state index >= 15 is 0 Å². The van der Waals surface area contributed by atoms with Crippen LogP contribution in [0.3, 0.4) is 0 Å². The number of methoxy groups -OCH3 is 1. The van der Waals surface area contributed by atoms with E-state index in [0.29, 0.717) is 11.1 Å². The van der Waals surface area contributed by atoms with Crippen LogP contribution in [-0.2, 0) is 25.5 Å². The van der Waals surface area contributed by atoms with Crippen LogP contribution in [0.15, 0.2) is 60.4 Å². The Morgan fingerprint density at radius 3 is 2.32 bits per heavy atom. The molecule has 2 aromatic carbocycles. The van der Waals surface area contributed by atoms with Crippen LogP contribution in [0.1, 0.15) is 11.1 Å². The molecule has 0 amide bonds. The molecule has 0 spiro atoms. The summed E-state index contributed by atoms with van der Waals surface area (Å²) in [4.78, 5) is 24.6. The van der Waals surface area contributed by atoms with E-state index in [-0.39, 0.29) is 17.7 Å². The standard InChI is InChI=1S/C19H16O6/c1-24-18(23)19(11-12-7-9-14(20)10-8-12)15(16(21)17(22)25-19)13-5-3-2-4-6-13/h2-10,20-21H,11H2,1H3. The first-order valence-corrected chi connectivity index (χ1v) is 7.57.